The van der Waals surface area contributed by atoms with Gasteiger partial charge in [-0.25, -0.2) is 0 Å². The molecular formula is C14H27N3. The van der Waals surface area contributed by atoms with Gasteiger partial charge < -0.3 is 5.32 Å². The van der Waals surface area contributed by atoms with Crippen LogP contribution >= 0.6 is 0 Å². The van der Waals surface area contributed by atoms with Crippen molar-refractivity contribution in [1.29, 1.82) is 0 Å². The number of hydrogen-bond acceptors (Lipinski definition) is 2. The minimum atomic E-state index is 0.448. The van der Waals surface area contributed by atoms with Gasteiger partial charge in [-0.15, -0.1) is 0 Å². The van der Waals surface area contributed by atoms with Gasteiger partial charge in [0.2, 0.25) is 0 Å². The molecule has 0 bridgehead atoms. The van der Waals surface area contributed by atoms with E-state index >= 15 is 0 Å². The molecule has 0 saturated heterocycles. The van der Waals surface area contributed by atoms with E-state index in [-0.39, 0.29) is 0 Å². The van der Waals surface area contributed by atoms with Crippen LogP contribution in [0.5, 0.6) is 0 Å². The Kier molecular flexibility index (Phi) is 5.69. The van der Waals surface area contributed by atoms with Crippen LogP contribution in [0, 0.1) is 5.92 Å². The van der Waals surface area contributed by atoms with Gasteiger partial charge in [-0.2, -0.15) is 5.10 Å². The van der Waals surface area contributed by atoms with Crippen LogP contribution in [0.15, 0.2) is 6.20 Å². The molecule has 3 nitrogen and oxygen atoms in total. The van der Waals surface area contributed by atoms with E-state index < -0.39 is 0 Å². The first-order valence-corrected chi connectivity index (χ1v) is 6.85. The van der Waals surface area contributed by atoms with Gasteiger partial charge in [-0.1, -0.05) is 33.6 Å². The third-order valence-corrected chi connectivity index (χ3v) is 3.72. The Balaban J connectivity index is 2.84. The smallest absolute Gasteiger partial charge is 0.0669 e. The fourth-order valence-electron chi connectivity index (χ4n) is 2.47. The maximum atomic E-state index is 4.53. The fraction of sp³-hybridized carbons (Fsp3) is 0.786. The van der Waals surface area contributed by atoms with Crippen molar-refractivity contribution in [3.8, 4) is 0 Å². The summed E-state index contributed by atoms with van der Waals surface area (Å²) in [6, 6.07) is 0.448. The molecule has 98 valence electrons. The van der Waals surface area contributed by atoms with E-state index in [9.17, 15) is 0 Å². The van der Waals surface area contributed by atoms with E-state index in [1.807, 2.05) is 11.7 Å². The van der Waals surface area contributed by atoms with Crippen molar-refractivity contribution in [3.05, 3.63) is 17.5 Å². The predicted molar refractivity (Wildman–Crippen MR) is 73.1 cm³/mol. The second-order valence-electron chi connectivity index (χ2n) is 4.82. The minimum Gasteiger partial charge on any atom is -0.313 e. The molecule has 17 heavy (non-hydrogen) atoms. The molecule has 0 amide bonds. The SMILES string of the molecule is CCc1nn(C)cc1C(CC(CC)CC)NC. The molecule has 3 heteroatoms. The van der Waals surface area contributed by atoms with E-state index in [4.69, 9.17) is 0 Å². The fourth-order valence-corrected chi connectivity index (χ4v) is 2.47. The Morgan fingerprint density at radius 2 is 1.94 bits per heavy atom. The van der Waals surface area contributed by atoms with E-state index in [0.717, 1.165) is 12.3 Å². The lowest BCUT2D eigenvalue weighted by Gasteiger charge is -2.21. The van der Waals surface area contributed by atoms with Gasteiger partial charge in [0.15, 0.2) is 0 Å². The first-order valence-electron chi connectivity index (χ1n) is 6.85. The molecule has 1 rings (SSSR count). The van der Waals surface area contributed by atoms with Gasteiger partial charge in [0.05, 0.1) is 5.69 Å². The molecule has 1 atom stereocenters. The highest BCUT2D eigenvalue weighted by Crippen LogP contribution is 2.26. The van der Waals surface area contributed by atoms with Crippen molar-refractivity contribution in [2.45, 2.75) is 52.5 Å². The number of aryl methyl sites for hydroxylation is 2. The summed E-state index contributed by atoms with van der Waals surface area (Å²) in [5.41, 5.74) is 2.61. The molecule has 1 aromatic heterocycles. The monoisotopic (exact) mass is 237 g/mol. The molecule has 1 heterocycles. The van der Waals surface area contributed by atoms with Crippen LogP contribution < -0.4 is 5.32 Å². The summed E-state index contributed by atoms with van der Waals surface area (Å²) >= 11 is 0. The van der Waals surface area contributed by atoms with Crippen LogP contribution in [0.3, 0.4) is 0 Å². The average molecular weight is 237 g/mol. The van der Waals surface area contributed by atoms with Crippen LogP contribution in [-0.4, -0.2) is 16.8 Å². The Hall–Kier alpha value is -0.830. The summed E-state index contributed by atoms with van der Waals surface area (Å²) in [5.74, 6) is 0.803. The Labute approximate surface area is 106 Å². The summed E-state index contributed by atoms with van der Waals surface area (Å²) in [7, 11) is 4.06. The van der Waals surface area contributed by atoms with E-state index in [2.05, 4.69) is 44.4 Å². The molecule has 1 aromatic rings. The van der Waals surface area contributed by atoms with E-state index in [0.29, 0.717) is 6.04 Å². The Morgan fingerprint density at radius 3 is 2.41 bits per heavy atom. The normalized spacial score (nSPS) is 13.3. The van der Waals surface area contributed by atoms with Gasteiger partial charge in [0.25, 0.3) is 0 Å². The van der Waals surface area contributed by atoms with E-state index in [1.54, 1.807) is 0 Å². The van der Waals surface area contributed by atoms with Gasteiger partial charge in [0.1, 0.15) is 0 Å². The van der Waals surface area contributed by atoms with Crippen LogP contribution in [0.4, 0.5) is 0 Å². The molecule has 0 aliphatic heterocycles. The van der Waals surface area contributed by atoms with Gasteiger partial charge >= 0.3 is 0 Å². The lowest BCUT2D eigenvalue weighted by molar-refractivity contribution is 0.384. The molecule has 0 aromatic carbocycles. The highest BCUT2D eigenvalue weighted by atomic mass is 15.3. The molecule has 0 radical (unpaired) electrons. The zero-order valence-corrected chi connectivity index (χ0v) is 12.0. The average Bonchev–Trinajstić information content (AvgIpc) is 2.72. The summed E-state index contributed by atoms with van der Waals surface area (Å²) < 4.78 is 1.94. The summed E-state index contributed by atoms with van der Waals surface area (Å²) in [5, 5.41) is 7.99. The van der Waals surface area contributed by atoms with Gasteiger partial charge in [0, 0.05) is 24.8 Å². The lowest BCUT2D eigenvalue weighted by atomic mass is 9.91. The van der Waals surface area contributed by atoms with Crippen LogP contribution in [-0.2, 0) is 13.5 Å². The number of nitrogens with zero attached hydrogens (tertiary/aromatic N) is 2. The predicted octanol–water partition coefficient (Wildman–Crippen LogP) is 3.07. The zero-order chi connectivity index (χ0) is 12.8. The minimum absolute atomic E-state index is 0.448. The lowest BCUT2D eigenvalue weighted by Crippen LogP contribution is -2.20. The molecule has 0 spiro atoms. The summed E-state index contributed by atoms with van der Waals surface area (Å²) in [6.45, 7) is 6.74. The Morgan fingerprint density at radius 1 is 1.29 bits per heavy atom. The molecular weight excluding hydrogens is 210 g/mol. The van der Waals surface area contributed by atoms with Crippen LogP contribution in [0.1, 0.15) is 57.3 Å². The van der Waals surface area contributed by atoms with Crippen LogP contribution in [0.2, 0.25) is 0 Å². The van der Waals surface area contributed by atoms with Crippen molar-refractivity contribution in [2.75, 3.05) is 7.05 Å². The number of aromatic nitrogens is 2. The highest BCUT2D eigenvalue weighted by Gasteiger charge is 2.19. The maximum Gasteiger partial charge on any atom is 0.0669 e. The standard InChI is InChI=1S/C14H27N3/c1-6-11(7-2)9-14(15-4)12-10-17(5)16-13(12)8-3/h10-11,14-15H,6-9H2,1-5H3. The zero-order valence-electron chi connectivity index (χ0n) is 12.0. The van der Waals surface area contributed by atoms with Crippen molar-refractivity contribution in [1.82, 2.24) is 15.1 Å². The second kappa shape index (κ2) is 6.80. The third kappa shape index (κ3) is 3.56. The highest BCUT2D eigenvalue weighted by molar-refractivity contribution is 5.21. The van der Waals surface area contributed by atoms with Crippen molar-refractivity contribution >= 4 is 0 Å². The van der Waals surface area contributed by atoms with Crippen molar-refractivity contribution < 1.29 is 0 Å². The number of nitrogens with one attached hydrogen (secondary N) is 1. The second-order valence-corrected chi connectivity index (χ2v) is 4.82. The maximum absolute atomic E-state index is 4.53. The van der Waals surface area contributed by atoms with Crippen LogP contribution in [0.25, 0.3) is 0 Å². The van der Waals surface area contributed by atoms with E-state index in [1.165, 1.54) is 30.5 Å². The third-order valence-electron chi connectivity index (χ3n) is 3.72. The first-order chi connectivity index (χ1) is 8.15. The molecule has 1 unspecified atom stereocenters. The van der Waals surface area contributed by atoms with Crippen molar-refractivity contribution in [3.63, 3.8) is 0 Å². The largest absolute Gasteiger partial charge is 0.313 e. The van der Waals surface area contributed by atoms with Gasteiger partial charge in [-0.05, 0) is 25.8 Å². The molecule has 0 aliphatic carbocycles. The summed E-state index contributed by atoms with van der Waals surface area (Å²) in [6.07, 6.45) is 6.91. The topological polar surface area (TPSA) is 29.9 Å². The van der Waals surface area contributed by atoms with Crippen molar-refractivity contribution in [2.24, 2.45) is 13.0 Å². The van der Waals surface area contributed by atoms with Gasteiger partial charge in [-0.3, -0.25) is 4.68 Å². The molecule has 0 aliphatic rings. The molecule has 0 fully saturated rings. The Bertz CT molecular complexity index is 326. The summed E-state index contributed by atoms with van der Waals surface area (Å²) in [4.78, 5) is 0. The molecule has 1 N–H and O–H groups in total. The molecule has 0 saturated carbocycles. The quantitative estimate of drug-likeness (QED) is 0.790. The number of hydrogen-bond donors (Lipinski definition) is 1. The first kappa shape index (κ1) is 14.2. The number of rotatable bonds is 7.